The van der Waals surface area contributed by atoms with E-state index in [-0.39, 0.29) is 11.8 Å². The van der Waals surface area contributed by atoms with E-state index in [1.54, 1.807) is 6.07 Å². The quantitative estimate of drug-likeness (QED) is 0.671. The number of fused-ring (bicyclic) bond motifs is 1. The molecule has 25 heavy (non-hydrogen) atoms. The van der Waals surface area contributed by atoms with Crippen LogP contribution in [0.2, 0.25) is 0 Å². The van der Waals surface area contributed by atoms with Crippen LogP contribution in [0.25, 0.3) is 11.0 Å². The Morgan fingerprint density at radius 1 is 1.32 bits per heavy atom. The number of aromatic nitrogens is 3. The number of aromatic amines is 1. The van der Waals surface area contributed by atoms with E-state index in [1.807, 2.05) is 13.8 Å². The summed E-state index contributed by atoms with van der Waals surface area (Å²) in [4.78, 5) is 20.1. The van der Waals surface area contributed by atoms with Gasteiger partial charge in [-0.3, -0.25) is 4.79 Å². The number of nitrogens with one attached hydrogen (secondary N) is 2. The Labute approximate surface area is 147 Å². The highest BCUT2D eigenvalue weighted by molar-refractivity contribution is 5.92. The van der Waals surface area contributed by atoms with Gasteiger partial charge in [0.2, 0.25) is 0 Å². The first-order chi connectivity index (χ1) is 12.0. The molecule has 0 saturated carbocycles. The average Bonchev–Trinajstić information content (AvgIpc) is 3.22. The van der Waals surface area contributed by atoms with Gasteiger partial charge in [-0.25, -0.2) is 4.98 Å². The van der Waals surface area contributed by atoms with Crippen molar-refractivity contribution in [3.63, 3.8) is 0 Å². The van der Waals surface area contributed by atoms with Crippen LogP contribution < -0.4 is 5.32 Å². The molecule has 6 nitrogen and oxygen atoms in total. The number of H-pyrrole nitrogens is 1. The summed E-state index contributed by atoms with van der Waals surface area (Å²) in [5, 5.41) is 6.69. The Morgan fingerprint density at radius 3 is 2.84 bits per heavy atom. The Balaban J connectivity index is 1.53. The van der Waals surface area contributed by atoms with Crippen molar-refractivity contribution >= 4 is 16.9 Å². The van der Waals surface area contributed by atoms with Crippen molar-refractivity contribution in [3.8, 4) is 0 Å². The Bertz CT molecular complexity index is 892. The maximum Gasteiger partial charge on any atom is 0.273 e. The largest absolute Gasteiger partial charge is 0.360 e. The lowest BCUT2D eigenvalue weighted by Crippen LogP contribution is -2.25. The predicted octanol–water partition coefficient (Wildman–Crippen LogP) is 3.65. The van der Waals surface area contributed by atoms with Crippen molar-refractivity contribution in [2.75, 3.05) is 6.54 Å². The minimum absolute atomic E-state index is 0.202. The van der Waals surface area contributed by atoms with Crippen LogP contribution in [-0.4, -0.2) is 27.6 Å². The summed E-state index contributed by atoms with van der Waals surface area (Å²) in [7, 11) is 0. The first-order valence-corrected chi connectivity index (χ1v) is 8.65. The van der Waals surface area contributed by atoms with Gasteiger partial charge in [-0.15, -0.1) is 0 Å². The molecule has 6 heteroatoms. The summed E-state index contributed by atoms with van der Waals surface area (Å²) in [5.41, 5.74) is 4.87. The van der Waals surface area contributed by atoms with Gasteiger partial charge in [0.1, 0.15) is 11.6 Å². The fourth-order valence-electron chi connectivity index (χ4n) is 2.70. The summed E-state index contributed by atoms with van der Waals surface area (Å²) < 4.78 is 5.15. The van der Waals surface area contributed by atoms with Gasteiger partial charge in [0.15, 0.2) is 5.69 Å². The van der Waals surface area contributed by atoms with Crippen LogP contribution in [0.3, 0.4) is 0 Å². The van der Waals surface area contributed by atoms with E-state index in [0.717, 1.165) is 35.5 Å². The highest BCUT2D eigenvalue weighted by atomic mass is 16.5. The zero-order valence-electron chi connectivity index (χ0n) is 15.1. The molecular weight excluding hydrogens is 316 g/mol. The van der Waals surface area contributed by atoms with Crippen LogP contribution in [-0.2, 0) is 6.42 Å². The van der Waals surface area contributed by atoms with E-state index in [1.165, 1.54) is 11.1 Å². The molecule has 2 aromatic heterocycles. The summed E-state index contributed by atoms with van der Waals surface area (Å²) in [6.07, 6.45) is 1.59. The third-order valence-corrected chi connectivity index (χ3v) is 4.43. The molecule has 1 aromatic carbocycles. The number of imidazole rings is 1. The van der Waals surface area contributed by atoms with Crippen LogP contribution in [0.5, 0.6) is 0 Å². The monoisotopic (exact) mass is 340 g/mol. The Hall–Kier alpha value is -2.63. The van der Waals surface area contributed by atoms with Crippen molar-refractivity contribution in [3.05, 3.63) is 46.6 Å². The third-order valence-electron chi connectivity index (χ3n) is 4.43. The number of nitrogens with zero attached hydrogens (tertiary/aromatic N) is 2. The van der Waals surface area contributed by atoms with Gasteiger partial charge in [0.05, 0.1) is 11.0 Å². The normalized spacial score (nSPS) is 11.4. The molecule has 0 spiro atoms. The number of benzene rings is 1. The molecule has 0 radical (unpaired) electrons. The van der Waals surface area contributed by atoms with Gasteiger partial charge in [0.25, 0.3) is 5.91 Å². The number of carbonyl (C=O) groups excluding carboxylic acids is 1. The van der Waals surface area contributed by atoms with Crippen molar-refractivity contribution in [2.45, 2.75) is 46.5 Å². The maximum absolute atomic E-state index is 12.1. The lowest BCUT2D eigenvalue weighted by atomic mass is 10.1. The van der Waals surface area contributed by atoms with Crippen LogP contribution in [0.15, 0.2) is 22.7 Å². The van der Waals surface area contributed by atoms with Crippen LogP contribution in [0.4, 0.5) is 0 Å². The smallest absolute Gasteiger partial charge is 0.273 e. The van der Waals surface area contributed by atoms with Crippen molar-refractivity contribution in [1.82, 2.24) is 20.4 Å². The van der Waals surface area contributed by atoms with Gasteiger partial charge in [-0.2, -0.15) is 0 Å². The predicted molar refractivity (Wildman–Crippen MR) is 96.8 cm³/mol. The van der Waals surface area contributed by atoms with Gasteiger partial charge in [-0.05, 0) is 37.5 Å². The fraction of sp³-hybridized carbons (Fsp3) is 0.421. The molecular formula is C19H24N4O2. The summed E-state index contributed by atoms with van der Waals surface area (Å²) in [5.74, 6) is 1.68. The molecule has 3 rings (SSSR count). The molecule has 3 aromatic rings. The summed E-state index contributed by atoms with van der Waals surface area (Å²) in [6.45, 7) is 8.74. The van der Waals surface area contributed by atoms with Gasteiger partial charge >= 0.3 is 0 Å². The van der Waals surface area contributed by atoms with Crippen molar-refractivity contribution < 1.29 is 9.32 Å². The highest BCUT2D eigenvalue weighted by Crippen LogP contribution is 2.19. The van der Waals surface area contributed by atoms with Crippen LogP contribution in [0, 0.1) is 13.8 Å². The summed E-state index contributed by atoms with van der Waals surface area (Å²) in [6, 6.07) is 5.86. The minimum Gasteiger partial charge on any atom is -0.360 e. The Morgan fingerprint density at radius 2 is 2.12 bits per heavy atom. The number of rotatable bonds is 6. The molecule has 0 aliphatic heterocycles. The standard InChI is InChI=1S/C19H24N4O2/c1-11(2)16-10-15(23-25-16)19(24)20-9-5-6-17-21-14-8-7-12(3)13(4)18(14)22-17/h7-8,10-11H,5-6,9H2,1-4H3,(H,20,24)(H,21,22). The van der Waals surface area contributed by atoms with Gasteiger partial charge in [0, 0.05) is 24.9 Å². The van der Waals surface area contributed by atoms with Crippen molar-refractivity contribution in [1.29, 1.82) is 0 Å². The van der Waals surface area contributed by atoms with E-state index in [9.17, 15) is 4.79 Å². The first kappa shape index (κ1) is 17.2. The molecule has 0 saturated heterocycles. The minimum atomic E-state index is -0.202. The first-order valence-electron chi connectivity index (χ1n) is 8.65. The van der Waals surface area contributed by atoms with Gasteiger partial charge < -0.3 is 14.8 Å². The molecule has 2 heterocycles. The second kappa shape index (κ2) is 7.09. The van der Waals surface area contributed by atoms with Crippen LogP contribution in [0.1, 0.15) is 59.4 Å². The third kappa shape index (κ3) is 3.73. The number of hydrogen-bond donors (Lipinski definition) is 2. The average molecular weight is 340 g/mol. The highest BCUT2D eigenvalue weighted by Gasteiger charge is 2.14. The number of aryl methyl sites for hydroxylation is 3. The lowest BCUT2D eigenvalue weighted by molar-refractivity contribution is 0.0944. The number of carbonyl (C=O) groups is 1. The van der Waals surface area contributed by atoms with E-state index in [4.69, 9.17) is 4.52 Å². The molecule has 1 amide bonds. The van der Waals surface area contributed by atoms with Crippen LogP contribution >= 0.6 is 0 Å². The number of hydrogen-bond acceptors (Lipinski definition) is 4. The molecule has 0 aliphatic rings. The maximum atomic E-state index is 12.1. The molecule has 0 fully saturated rings. The molecule has 2 N–H and O–H groups in total. The summed E-state index contributed by atoms with van der Waals surface area (Å²) >= 11 is 0. The molecule has 0 unspecified atom stereocenters. The molecule has 0 aliphatic carbocycles. The van der Waals surface area contributed by atoms with E-state index >= 15 is 0 Å². The van der Waals surface area contributed by atoms with E-state index < -0.39 is 0 Å². The molecule has 132 valence electrons. The van der Waals surface area contributed by atoms with E-state index in [2.05, 4.69) is 46.4 Å². The fourth-order valence-corrected chi connectivity index (χ4v) is 2.70. The zero-order chi connectivity index (χ0) is 18.0. The zero-order valence-corrected chi connectivity index (χ0v) is 15.1. The molecule has 0 bridgehead atoms. The number of amides is 1. The molecule has 0 atom stereocenters. The second-order valence-corrected chi connectivity index (χ2v) is 6.72. The van der Waals surface area contributed by atoms with Crippen molar-refractivity contribution in [2.24, 2.45) is 0 Å². The Kier molecular flexibility index (Phi) is 4.88. The van der Waals surface area contributed by atoms with E-state index in [0.29, 0.717) is 12.2 Å². The van der Waals surface area contributed by atoms with Gasteiger partial charge in [-0.1, -0.05) is 25.1 Å². The second-order valence-electron chi connectivity index (χ2n) is 6.72. The lowest BCUT2D eigenvalue weighted by Gasteiger charge is -2.01. The SMILES string of the molecule is Cc1ccc2[nH]c(CCCNC(=O)c3cc(C(C)C)on3)nc2c1C. The topological polar surface area (TPSA) is 83.8 Å².